The standard InChI is InChI=1S/C29H30FN7O4/c1-16-14-19(8-9-20(16)30)33-26(39)22-17(2)23(37(4)18(22)3)24(38)27(40)35-29(10-6-5-7-11-29)28-34-25(36-41-28)21-15-31-12-13-32-21/h8-9,12-15H,5-7,10-11H2,1-4H3,(H,33,39)(H,35,40). The van der Waals surface area contributed by atoms with Gasteiger partial charge in [-0.05, 0) is 62.9 Å². The number of carbonyl (C=O) groups is 3. The van der Waals surface area contributed by atoms with Crippen LogP contribution < -0.4 is 10.6 Å². The molecule has 11 nitrogen and oxygen atoms in total. The van der Waals surface area contributed by atoms with E-state index in [2.05, 4.69) is 30.7 Å². The first-order valence-electron chi connectivity index (χ1n) is 13.3. The molecule has 1 aliphatic rings. The molecule has 5 rings (SSSR count). The van der Waals surface area contributed by atoms with E-state index >= 15 is 0 Å². The van der Waals surface area contributed by atoms with E-state index in [1.165, 1.54) is 41.4 Å². The zero-order valence-corrected chi connectivity index (χ0v) is 23.2. The van der Waals surface area contributed by atoms with Gasteiger partial charge in [0.2, 0.25) is 5.82 Å². The van der Waals surface area contributed by atoms with Crippen LogP contribution in [0.25, 0.3) is 11.5 Å². The number of hydrogen-bond acceptors (Lipinski definition) is 8. The van der Waals surface area contributed by atoms with Gasteiger partial charge in [0.25, 0.3) is 23.5 Å². The van der Waals surface area contributed by atoms with Gasteiger partial charge >= 0.3 is 0 Å². The summed E-state index contributed by atoms with van der Waals surface area (Å²) in [6.07, 6.45) is 8.16. The molecule has 0 spiro atoms. The van der Waals surface area contributed by atoms with E-state index in [0.717, 1.165) is 19.3 Å². The van der Waals surface area contributed by atoms with E-state index in [9.17, 15) is 18.8 Å². The van der Waals surface area contributed by atoms with E-state index in [-0.39, 0.29) is 28.8 Å². The van der Waals surface area contributed by atoms with Crippen molar-refractivity contribution in [1.82, 2.24) is 30.0 Å². The van der Waals surface area contributed by atoms with Gasteiger partial charge in [-0.2, -0.15) is 4.98 Å². The maximum absolute atomic E-state index is 13.7. The fraction of sp³-hybridized carbons (Fsp3) is 0.345. The number of carbonyl (C=O) groups excluding carboxylic acids is 3. The number of anilines is 1. The molecule has 1 fully saturated rings. The minimum atomic E-state index is -1.02. The van der Waals surface area contributed by atoms with Gasteiger partial charge in [-0.1, -0.05) is 24.4 Å². The molecular weight excluding hydrogens is 529 g/mol. The number of halogens is 1. The summed E-state index contributed by atoms with van der Waals surface area (Å²) in [7, 11) is 1.63. The lowest BCUT2D eigenvalue weighted by molar-refractivity contribution is -0.119. The Morgan fingerprint density at radius 2 is 1.83 bits per heavy atom. The van der Waals surface area contributed by atoms with Crippen LogP contribution in [0.1, 0.15) is 75.7 Å². The zero-order chi connectivity index (χ0) is 29.3. The molecule has 4 aromatic rings. The van der Waals surface area contributed by atoms with Crippen LogP contribution in [0, 0.1) is 26.6 Å². The molecule has 41 heavy (non-hydrogen) atoms. The molecule has 1 aliphatic carbocycles. The number of benzene rings is 1. The quantitative estimate of drug-likeness (QED) is 0.251. The van der Waals surface area contributed by atoms with Crippen molar-refractivity contribution in [3.05, 3.63) is 76.6 Å². The number of aromatic nitrogens is 5. The first-order chi connectivity index (χ1) is 19.6. The number of nitrogens with zero attached hydrogens (tertiary/aromatic N) is 5. The molecule has 0 bridgehead atoms. The molecule has 1 aromatic carbocycles. The topological polar surface area (TPSA) is 145 Å². The second-order valence-corrected chi connectivity index (χ2v) is 10.4. The molecule has 2 amide bonds. The van der Waals surface area contributed by atoms with Crippen molar-refractivity contribution >= 4 is 23.3 Å². The summed E-state index contributed by atoms with van der Waals surface area (Å²) in [6, 6.07) is 4.26. The van der Waals surface area contributed by atoms with Crippen molar-refractivity contribution in [2.75, 3.05) is 5.32 Å². The maximum Gasteiger partial charge on any atom is 0.294 e. The monoisotopic (exact) mass is 559 g/mol. The minimum absolute atomic E-state index is 0.0946. The molecule has 1 saturated carbocycles. The van der Waals surface area contributed by atoms with Gasteiger partial charge in [-0.3, -0.25) is 19.4 Å². The third-order valence-electron chi connectivity index (χ3n) is 7.68. The van der Waals surface area contributed by atoms with Crippen molar-refractivity contribution < 1.29 is 23.3 Å². The smallest absolute Gasteiger partial charge is 0.294 e. The third-order valence-corrected chi connectivity index (χ3v) is 7.68. The van der Waals surface area contributed by atoms with Crippen molar-refractivity contribution in [2.45, 2.75) is 58.4 Å². The van der Waals surface area contributed by atoms with Gasteiger partial charge in [0.05, 0.1) is 17.5 Å². The number of aryl methyl sites for hydroxylation is 1. The van der Waals surface area contributed by atoms with Crippen LogP contribution in [-0.2, 0) is 17.4 Å². The van der Waals surface area contributed by atoms with Crippen molar-refractivity contribution in [2.24, 2.45) is 7.05 Å². The fourth-order valence-electron chi connectivity index (χ4n) is 5.42. The lowest BCUT2D eigenvalue weighted by Gasteiger charge is -2.34. The van der Waals surface area contributed by atoms with Crippen molar-refractivity contribution in [3.63, 3.8) is 0 Å². The number of Topliss-reactive ketones (excluding diaryl/α,β-unsaturated/α-hetero) is 1. The summed E-state index contributed by atoms with van der Waals surface area (Å²) >= 11 is 0. The summed E-state index contributed by atoms with van der Waals surface area (Å²) < 4.78 is 20.8. The van der Waals surface area contributed by atoms with E-state index in [1.807, 2.05) is 0 Å². The Morgan fingerprint density at radius 1 is 1.07 bits per heavy atom. The molecule has 212 valence electrons. The molecule has 0 saturated heterocycles. The number of nitrogens with one attached hydrogen (secondary N) is 2. The highest BCUT2D eigenvalue weighted by molar-refractivity contribution is 6.43. The largest absolute Gasteiger partial charge is 0.344 e. The summed E-state index contributed by atoms with van der Waals surface area (Å²) in [5, 5.41) is 9.69. The van der Waals surface area contributed by atoms with Crippen LogP contribution in [0.15, 0.2) is 41.3 Å². The van der Waals surface area contributed by atoms with Crippen LogP contribution in [0.4, 0.5) is 10.1 Å². The Balaban J connectivity index is 1.41. The van der Waals surface area contributed by atoms with E-state index < -0.39 is 23.1 Å². The molecule has 0 aliphatic heterocycles. The average Bonchev–Trinajstić information content (AvgIpc) is 3.55. The van der Waals surface area contributed by atoms with Crippen LogP contribution in [0.2, 0.25) is 0 Å². The van der Waals surface area contributed by atoms with E-state index in [4.69, 9.17) is 4.52 Å². The number of ketones is 1. The van der Waals surface area contributed by atoms with E-state index in [0.29, 0.717) is 41.0 Å². The minimum Gasteiger partial charge on any atom is -0.344 e. The lowest BCUT2D eigenvalue weighted by atomic mass is 9.81. The van der Waals surface area contributed by atoms with Crippen LogP contribution in [-0.4, -0.2) is 42.3 Å². The summed E-state index contributed by atoms with van der Waals surface area (Å²) in [4.78, 5) is 53.0. The molecule has 3 heterocycles. The molecule has 3 aromatic heterocycles. The highest BCUT2D eigenvalue weighted by atomic mass is 19.1. The number of amides is 2. The van der Waals surface area contributed by atoms with Crippen LogP contribution >= 0.6 is 0 Å². The van der Waals surface area contributed by atoms with Crippen molar-refractivity contribution in [3.8, 4) is 11.5 Å². The van der Waals surface area contributed by atoms with Gasteiger partial charge in [0, 0.05) is 30.8 Å². The number of hydrogen-bond donors (Lipinski definition) is 2. The van der Waals surface area contributed by atoms with Gasteiger partial charge in [-0.15, -0.1) is 0 Å². The second-order valence-electron chi connectivity index (χ2n) is 10.4. The molecule has 0 radical (unpaired) electrons. The van der Waals surface area contributed by atoms with Crippen LogP contribution in [0.5, 0.6) is 0 Å². The van der Waals surface area contributed by atoms with Crippen molar-refractivity contribution in [1.29, 1.82) is 0 Å². The van der Waals surface area contributed by atoms with Crippen LogP contribution in [0.3, 0.4) is 0 Å². The highest BCUT2D eigenvalue weighted by Gasteiger charge is 2.43. The Hall–Kier alpha value is -4.74. The lowest BCUT2D eigenvalue weighted by Crippen LogP contribution is -2.50. The highest BCUT2D eigenvalue weighted by Crippen LogP contribution is 2.37. The van der Waals surface area contributed by atoms with Gasteiger partial charge < -0.3 is 19.7 Å². The van der Waals surface area contributed by atoms with Gasteiger partial charge in [0.15, 0.2) is 0 Å². The normalized spacial score (nSPS) is 14.5. The number of rotatable bonds is 7. The van der Waals surface area contributed by atoms with E-state index in [1.54, 1.807) is 27.8 Å². The zero-order valence-electron chi connectivity index (χ0n) is 23.2. The Bertz CT molecular complexity index is 1640. The van der Waals surface area contributed by atoms with Gasteiger partial charge in [0.1, 0.15) is 17.1 Å². The Morgan fingerprint density at radius 3 is 2.51 bits per heavy atom. The Labute approximate surface area is 235 Å². The maximum atomic E-state index is 13.7. The SMILES string of the molecule is Cc1cc(NC(=O)c2c(C)c(C(=O)C(=O)NC3(c4nc(-c5cnccn5)no4)CCCCC3)n(C)c2C)ccc1F. The first kappa shape index (κ1) is 27.8. The summed E-state index contributed by atoms with van der Waals surface area (Å²) in [5.41, 5.74) is 1.44. The Kier molecular flexibility index (Phi) is 7.48. The molecule has 0 atom stereocenters. The van der Waals surface area contributed by atoms with Gasteiger partial charge in [-0.25, -0.2) is 9.37 Å². The summed E-state index contributed by atoms with van der Waals surface area (Å²) in [5.74, 6) is -2.03. The molecular formula is C29H30FN7O4. The molecule has 12 heteroatoms. The predicted molar refractivity (Wildman–Crippen MR) is 147 cm³/mol. The second kappa shape index (κ2) is 11.0. The molecule has 0 unspecified atom stereocenters. The first-order valence-corrected chi connectivity index (χ1v) is 13.3. The molecule has 2 N–H and O–H groups in total. The summed E-state index contributed by atoms with van der Waals surface area (Å²) in [6.45, 7) is 4.92. The third kappa shape index (κ3) is 5.24. The predicted octanol–water partition coefficient (Wildman–Crippen LogP) is 4.34. The average molecular weight is 560 g/mol. The fourth-order valence-corrected chi connectivity index (χ4v) is 5.42.